The molecule has 0 fully saturated rings. The molecule has 19 heavy (non-hydrogen) atoms. The first-order chi connectivity index (χ1) is 9.35. The number of likely N-dealkylation sites (N-methyl/N-ethyl adjacent to an activating group) is 1. The highest BCUT2D eigenvalue weighted by Crippen LogP contribution is 2.19. The largest absolute Gasteiger partial charge is 0.335 e. The summed E-state index contributed by atoms with van der Waals surface area (Å²) in [5, 5.41) is 3.29. The summed E-state index contributed by atoms with van der Waals surface area (Å²) < 4.78 is 2.27. The fourth-order valence-electron chi connectivity index (χ4n) is 2.47. The highest BCUT2D eigenvalue weighted by molar-refractivity contribution is 5.21. The molecule has 1 N–H and O–H groups in total. The Morgan fingerprint density at radius 1 is 1.26 bits per heavy atom. The number of aromatic nitrogens is 2. The Bertz CT molecular complexity index is 476. The molecule has 1 aromatic carbocycles. The summed E-state index contributed by atoms with van der Waals surface area (Å²) in [6, 6.07) is 10.7. The number of nitrogens with zero attached hydrogens (tertiary/aromatic N) is 2. The van der Waals surface area contributed by atoms with Crippen molar-refractivity contribution in [3.63, 3.8) is 0 Å². The summed E-state index contributed by atoms with van der Waals surface area (Å²) in [6.07, 6.45) is 6.12. The Kier molecular flexibility index (Phi) is 5.16. The van der Waals surface area contributed by atoms with Crippen LogP contribution >= 0.6 is 0 Å². The molecule has 2 aromatic rings. The second-order valence-electron chi connectivity index (χ2n) is 4.91. The van der Waals surface area contributed by atoms with Crippen molar-refractivity contribution < 1.29 is 0 Å². The number of rotatable bonds is 7. The van der Waals surface area contributed by atoms with Crippen LogP contribution in [0.2, 0.25) is 0 Å². The second kappa shape index (κ2) is 7.10. The molecule has 0 amide bonds. The summed E-state index contributed by atoms with van der Waals surface area (Å²) in [4.78, 5) is 4.52. The van der Waals surface area contributed by atoms with Gasteiger partial charge in [0.25, 0.3) is 0 Å². The summed E-state index contributed by atoms with van der Waals surface area (Å²) in [5.74, 6) is 1.66. The lowest BCUT2D eigenvalue weighted by Crippen LogP contribution is -2.20. The first-order valence-electron chi connectivity index (χ1n) is 7.04. The number of imidazole rings is 1. The van der Waals surface area contributed by atoms with Gasteiger partial charge in [-0.3, -0.25) is 0 Å². The molecule has 0 saturated heterocycles. The molecule has 0 radical (unpaired) electrons. The van der Waals surface area contributed by atoms with Crippen LogP contribution in [-0.4, -0.2) is 23.1 Å². The molecule has 102 valence electrons. The van der Waals surface area contributed by atoms with Crippen LogP contribution in [0.5, 0.6) is 0 Å². The van der Waals surface area contributed by atoms with Crippen molar-refractivity contribution in [2.75, 3.05) is 13.6 Å². The molecule has 3 heteroatoms. The van der Waals surface area contributed by atoms with E-state index in [9.17, 15) is 0 Å². The van der Waals surface area contributed by atoms with Crippen LogP contribution in [0.1, 0.15) is 30.7 Å². The van der Waals surface area contributed by atoms with Crippen molar-refractivity contribution >= 4 is 0 Å². The second-order valence-corrected chi connectivity index (χ2v) is 4.91. The zero-order valence-electron chi connectivity index (χ0n) is 11.8. The van der Waals surface area contributed by atoms with Crippen LogP contribution in [0.15, 0.2) is 42.7 Å². The lowest BCUT2D eigenvalue weighted by molar-refractivity contribution is 0.568. The van der Waals surface area contributed by atoms with E-state index >= 15 is 0 Å². The maximum atomic E-state index is 4.52. The van der Waals surface area contributed by atoms with Gasteiger partial charge in [-0.25, -0.2) is 4.98 Å². The molecule has 2 rings (SSSR count). The van der Waals surface area contributed by atoms with Crippen molar-refractivity contribution in [3.05, 3.63) is 54.1 Å². The highest BCUT2D eigenvalue weighted by atomic mass is 15.1. The fourth-order valence-corrected chi connectivity index (χ4v) is 2.47. The van der Waals surface area contributed by atoms with Gasteiger partial charge < -0.3 is 9.88 Å². The van der Waals surface area contributed by atoms with Crippen molar-refractivity contribution in [2.24, 2.45) is 0 Å². The summed E-state index contributed by atoms with van der Waals surface area (Å²) in [5.41, 5.74) is 1.38. The minimum atomic E-state index is 0.476. The monoisotopic (exact) mass is 257 g/mol. The van der Waals surface area contributed by atoms with Gasteiger partial charge in [0.15, 0.2) is 0 Å². The first kappa shape index (κ1) is 13.8. The molecular weight excluding hydrogens is 234 g/mol. The minimum absolute atomic E-state index is 0.476. The van der Waals surface area contributed by atoms with Gasteiger partial charge in [0.05, 0.1) is 0 Å². The lowest BCUT2D eigenvalue weighted by Gasteiger charge is -2.17. The maximum absolute atomic E-state index is 4.52. The van der Waals surface area contributed by atoms with E-state index in [1.165, 1.54) is 11.4 Å². The summed E-state index contributed by atoms with van der Waals surface area (Å²) in [7, 11) is 2.01. The van der Waals surface area contributed by atoms with Gasteiger partial charge in [0.1, 0.15) is 5.82 Å². The third-order valence-electron chi connectivity index (χ3n) is 3.42. The number of benzene rings is 1. The SMILES string of the molecule is CCCn1ccnc1CC(CNC)c1ccccc1. The molecule has 0 aliphatic heterocycles. The van der Waals surface area contributed by atoms with E-state index in [4.69, 9.17) is 0 Å². The van der Waals surface area contributed by atoms with E-state index in [-0.39, 0.29) is 0 Å². The summed E-state index contributed by atoms with van der Waals surface area (Å²) in [6.45, 7) is 4.23. The van der Waals surface area contributed by atoms with Crippen LogP contribution in [-0.2, 0) is 13.0 Å². The van der Waals surface area contributed by atoms with Crippen LogP contribution in [0.25, 0.3) is 0 Å². The predicted octanol–water partition coefficient (Wildman–Crippen LogP) is 2.84. The van der Waals surface area contributed by atoms with Crippen LogP contribution < -0.4 is 5.32 Å². The maximum Gasteiger partial charge on any atom is 0.109 e. The van der Waals surface area contributed by atoms with E-state index in [0.29, 0.717) is 5.92 Å². The lowest BCUT2D eigenvalue weighted by atomic mass is 9.95. The number of aryl methyl sites for hydroxylation is 1. The average Bonchev–Trinajstić information content (AvgIpc) is 2.87. The van der Waals surface area contributed by atoms with E-state index in [1.54, 1.807) is 0 Å². The van der Waals surface area contributed by atoms with Gasteiger partial charge in [0, 0.05) is 37.8 Å². The van der Waals surface area contributed by atoms with Crippen molar-refractivity contribution in [3.8, 4) is 0 Å². The Labute approximate surface area is 115 Å². The van der Waals surface area contributed by atoms with E-state index in [2.05, 4.69) is 58.3 Å². The van der Waals surface area contributed by atoms with Gasteiger partial charge >= 0.3 is 0 Å². The third kappa shape index (κ3) is 3.67. The molecule has 0 bridgehead atoms. The van der Waals surface area contributed by atoms with Crippen LogP contribution in [0, 0.1) is 0 Å². The molecule has 1 atom stereocenters. The molecule has 0 saturated carbocycles. The zero-order valence-corrected chi connectivity index (χ0v) is 11.8. The Hall–Kier alpha value is -1.61. The Morgan fingerprint density at radius 3 is 2.74 bits per heavy atom. The molecule has 1 heterocycles. The average molecular weight is 257 g/mol. The van der Waals surface area contributed by atoms with Gasteiger partial charge in [-0.1, -0.05) is 37.3 Å². The molecule has 0 aliphatic carbocycles. The van der Waals surface area contributed by atoms with E-state index in [0.717, 1.165) is 25.9 Å². The quantitative estimate of drug-likeness (QED) is 0.826. The molecule has 0 spiro atoms. The summed E-state index contributed by atoms with van der Waals surface area (Å²) >= 11 is 0. The third-order valence-corrected chi connectivity index (χ3v) is 3.42. The standard InChI is InChI=1S/C16H23N3/c1-3-10-19-11-9-18-16(19)12-15(13-17-2)14-7-5-4-6-8-14/h4-9,11,15,17H,3,10,12-13H2,1-2H3. The van der Waals surface area contributed by atoms with Gasteiger partial charge in [-0.05, 0) is 19.0 Å². The Balaban J connectivity index is 2.14. The normalized spacial score (nSPS) is 12.5. The number of hydrogen-bond donors (Lipinski definition) is 1. The van der Waals surface area contributed by atoms with Gasteiger partial charge in [-0.15, -0.1) is 0 Å². The highest BCUT2D eigenvalue weighted by Gasteiger charge is 2.14. The minimum Gasteiger partial charge on any atom is -0.335 e. The Morgan fingerprint density at radius 2 is 2.05 bits per heavy atom. The zero-order chi connectivity index (χ0) is 13.5. The van der Waals surface area contributed by atoms with Gasteiger partial charge in [-0.2, -0.15) is 0 Å². The molecular formula is C16H23N3. The predicted molar refractivity (Wildman–Crippen MR) is 79.3 cm³/mol. The smallest absolute Gasteiger partial charge is 0.109 e. The van der Waals surface area contributed by atoms with Crippen molar-refractivity contribution in [2.45, 2.75) is 32.2 Å². The van der Waals surface area contributed by atoms with E-state index < -0.39 is 0 Å². The topological polar surface area (TPSA) is 29.9 Å². The first-order valence-corrected chi connectivity index (χ1v) is 7.04. The number of nitrogens with one attached hydrogen (secondary N) is 1. The van der Waals surface area contributed by atoms with Crippen LogP contribution in [0.4, 0.5) is 0 Å². The van der Waals surface area contributed by atoms with Crippen LogP contribution in [0.3, 0.4) is 0 Å². The molecule has 1 unspecified atom stereocenters. The molecule has 1 aromatic heterocycles. The van der Waals surface area contributed by atoms with Gasteiger partial charge in [0.2, 0.25) is 0 Å². The molecule has 3 nitrogen and oxygen atoms in total. The van der Waals surface area contributed by atoms with Crippen molar-refractivity contribution in [1.82, 2.24) is 14.9 Å². The number of hydrogen-bond acceptors (Lipinski definition) is 2. The fraction of sp³-hybridized carbons (Fsp3) is 0.438. The van der Waals surface area contributed by atoms with Crippen molar-refractivity contribution in [1.29, 1.82) is 0 Å². The molecule has 0 aliphatic rings. The van der Waals surface area contributed by atoms with E-state index in [1.807, 2.05) is 13.2 Å².